The van der Waals surface area contributed by atoms with Gasteiger partial charge in [0.15, 0.2) is 5.78 Å². The third-order valence-electron chi connectivity index (χ3n) is 3.31. The van der Waals surface area contributed by atoms with Crippen LogP contribution in [0.5, 0.6) is 0 Å². The Labute approximate surface area is 104 Å². The van der Waals surface area contributed by atoms with Crippen molar-refractivity contribution >= 4 is 5.78 Å². The van der Waals surface area contributed by atoms with E-state index in [1.807, 2.05) is 0 Å². The molecule has 2 heterocycles. The third-order valence-corrected chi connectivity index (χ3v) is 3.31. The summed E-state index contributed by atoms with van der Waals surface area (Å²) in [5.41, 5.74) is -1.73. The van der Waals surface area contributed by atoms with Gasteiger partial charge in [-0.25, -0.2) is 4.79 Å². The van der Waals surface area contributed by atoms with Crippen molar-refractivity contribution in [3.8, 4) is 0 Å². The summed E-state index contributed by atoms with van der Waals surface area (Å²) in [7, 11) is 0. The summed E-state index contributed by atoms with van der Waals surface area (Å²) >= 11 is 0. The number of carbonyl (C=O) groups excluding carboxylic acids is 1. The molecule has 6 nitrogen and oxygen atoms in total. The van der Waals surface area contributed by atoms with E-state index in [4.69, 9.17) is 4.74 Å². The van der Waals surface area contributed by atoms with Crippen LogP contribution in [0.25, 0.3) is 0 Å². The molecular weight excluding hydrogens is 236 g/mol. The number of nitrogens with one attached hydrogen (secondary N) is 1. The average molecular weight is 252 g/mol. The molecule has 98 valence electrons. The lowest BCUT2D eigenvalue weighted by Gasteiger charge is -2.34. The van der Waals surface area contributed by atoms with Crippen molar-refractivity contribution in [1.82, 2.24) is 9.55 Å². The average Bonchev–Trinajstić information content (AvgIpc) is 2.29. The van der Waals surface area contributed by atoms with Gasteiger partial charge < -0.3 is 9.72 Å². The van der Waals surface area contributed by atoms with Gasteiger partial charge in [0, 0.05) is 12.8 Å². The van der Waals surface area contributed by atoms with Gasteiger partial charge in [-0.2, -0.15) is 0 Å². The summed E-state index contributed by atoms with van der Waals surface area (Å²) in [6.45, 7) is 4.04. The quantitative estimate of drug-likeness (QED) is 0.766. The predicted molar refractivity (Wildman–Crippen MR) is 65.0 cm³/mol. The zero-order valence-electron chi connectivity index (χ0n) is 10.5. The van der Waals surface area contributed by atoms with Crippen LogP contribution in [-0.2, 0) is 10.3 Å². The van der Waals surface area contributed by atoms with E-state index in [-0.39, 0.29) is 11.3 Å². The number of rotatable bonds is 2. The smallest absolute Gasteiger partial charge is 0.328 e. The van der Waals surface area contributed by atoms with E-state index in [1.165, 1.54) is 13.1 Å². The molecule has 0 amide bonds. The topological polar surface area (TPSA) is 81.2 Å². The van der Waals surface area contributed by atoms with Crippen LogP contribution in [0.2, 0.25) is 0 Å². The van der Waals surface area contributed by atoms with E-state index in [2.05, 4.69) is 4.98 Å². The molecule has 1 fully saturated rings. The fourth-order valence-corrected chi connectivity index (χ4v) is 2.31. The normalized spacial score (nSPS) is 23.9. The van der Waals surface area contributed by atoms with Gasteiger partial charge in [-0.3, -0.25) is 14.2 Å². The SMILES string of the molecule is CC(=O)c1c[nH]c(=O)n(C2(C)CCCOC2)c1=O. The molecule has 0 saturated carbocycles. The molecule has 1 aliphatic heterocycles. The van der Waals surface area contributed by atoms with E-state index in [0.29, 0.717) is 19.6 Å². The van der Waals surface area contributed by atoms with Crippen LogP contribution in [0.3, 0.4) is 0 Å². The number of aromatic amines is 1. The highest BCUT2D eigenvalue weighted by atomic mass is 16.5. The molecule has 0 aromatic carbocycles. The van der Waals surface area contributed by atoms with Crippen molar-refractivity contribution in [1.29, 1.82) is 0 Å². The number of hydrogen-bond donors (Lipinski definition) is 1. The summed E-state index contributed by atoms with van der Waals surface area (Å²) in [6.07, 6.45) is 2.64. The first kappa shape index (κ1) is 12.8. The molecule has 0 radical (unpaired) electrons. The molecule has 0 spiro atoms. The van der Waals surface area contributed by atoms with Gasteiger partial charge in [0.25, 0.3) is 5.56 Å². The first-order valence-electron chi connectivity index (χ1n) is 5.90. The molecule has 1 saturated heterocycles. The summed E-state index contributed by atoms with van der Waals surface area (Å²) in [4.78, 5) is 37.9. The van der Waals surface area contributed by atoms with E-state index in [0.717, 1.165) is 11.0 Å². The number of ether oxygens (including phenoxy) is 1. The Kier molecular flexibility index (Phi) is 3.21. The first-order chi connectivity index (χ1) is 8.46. The van der Waals surface area contributed by atoms with E-state index >= 15 is 0 Å². The van der Waals surface area contributed by atoms with E-state index < -0.39 is 16.8 Å². The third kappa shape index (κ3) is 2.03. The van der Waals surface area contributed by atoms with Crippen LogP contribution < -0.4 is 11.2 Å². The number of aromatic nitrogens is 2. The van der Waals surface area contributed by atoms with Crippen LogP contribution in [0, 0.1) is 0 Å². The lowest BCUT2D eigenvalue weighted by atomic mass is 9.94. The molecule has 18 heavy (non-hydrogen) atoms. The van der Waals surface area contributed by atoms with Crippen LogP contribution >= 0.6 is 0 Å². The molecule has 1 N–H and O–H groups in total. The molecular formula is C12H16N2O4. The van der Waals surface area contributed by atoms with Gasteiger partial charge in [0.1, 0.15) is 0 Å². The maximum Gasteiger partial charge on any atom is 0.328 e. The lowest BCUT2D eigenvalue weighted by Crippen LogP contribution is -2.52. The largest absolute Gasteiger partial charge is 0.379 e. The minimum absolute atomic E-state index is 0.00129. The number of ketones is 1. The zero-order valence-corrected chi connectivity index (χ0v) is 10.5. The van der Waals surface area contributed by atoms with Crippen molar-refractivity contribution in [3.63, 3.8) is 0 Å². The highest BCUT2D eigenvalue weighted by Crippen LogP contribution is 2.23. The standard InChI is InChI=1S/C12H16N2O4/c1-8(15)9-6-13-11(17)14(10(9)16)12(2)4-3-5-18-7-12/h6H,3-5,7H2,1-2H3,(H,13,17). The molecule has 1 unspecified atom stereocenters. The Morgan fingerprint density at radius 2 is 2.22 bits per heavy atom. The molecule has 6 heteroatoms. The first-order valence-corrected chi connectivity index (χ1v) is 5.90. The Morgan fingerprint density at radius 1 is 1.50 bits per heavy atom. The van der Waals surface area contributed by atoms with Crippen molar-refractivity contribution < 1.29 is 9.53 Å². The minimum Gasteiger partial charge on any atom is -0.379 e. The number of H-pyrrole nitrogens is 1. The van der Waals surface area contributed by atoms with Crippen molar-refractivity contribution in [2.45, 2.75) is 32.2 Å². The number of nitrogens with zero attached hydrogens (tertiary/aromatic N) is 1. The maximum atomic E-state index is 12.2. The summed E-state index contributed by atoms with van der Waals surface area (Å²) in [5.74, 6) is -0.356. The number of hydrogen-bond acceptors (Lipinski definition) is 4. The molecule has 1 atom stereocenters. The van der Waals surface area contributed by atoms with Gasteiger partial charge in [-0.05, 0) is 26.7 Å². The highest BCUT2D eigenvalue weighted by molar-refractivity contribution is 5.93. The molecule has 0 aliphatic carbocycles. The molecule has 1 aromatic rings. The molecule has 1 aromatic heterocycles. The molecule has 2 rings (SSSR count). The fourth-order valence-electron chi connectivity index (χ4n) is 2.31. The maximum absolute atomic E-state index is 12.2. The fraction of sp³-hybridized carbons (Fsp3) is 0.583. The van der Waals surface area contributed by atoms with Crippen LogP contribution in [-0.4, -0.2) is 28.5 Å². The second-order valence-corrected chi connectivity index (χ2v) is 4.86. The highest BCUT2D eigenvalue weighted by Gasteiger charge is 2.33. The van der Waals surface area contributed by atoms with Gasteiger partial charge in [0.05, 0.1) is 17.7 Å². The number of carbonyl (C=O) groups is 1. The Balaban J connectivity index is 2.63. The van der Waals surface area contributed by atoms with Crippen LogP contribution in [0.1, 0.15) is 37.0 Å². The van der Waals surface area contributed by atoms with Crippen molar-refractivity contribution in [3.05, 3.63) is 32.6 Å². The molecule has 0 bridgehead atoms. The van der Waals surface area contributed by atoms with Crippen molar-refractivity contribution in [2.75, 3.05) is 13.2 Å². The number of Topliss-reactive ketones (excluding diaryl/α,β-unsaturated/α-hetero) is 1. The van der Waals surface area contributed by atoms with Crippen LogP contribution in [0.15, 0.2) is 15.8 Å². The van der Waals surface area contributed by atoms with Gasteiger partial charge in [-0.15, -0.1) is 0 Å². The lowest BCUT2D eigenvalue weighted by molar-refractivity contribution is 0.00553. The Hall–Kier alpha value is -1.69. The minimum atomic E-state index is -0.686. The van der Waals surface area contributed by atoms with Crippen molar-refractivity contribution in [2.24, 2.45) is 0 Å². The summed E-state index contributed by atoms with van der Waals surface area (Å²) in [6, 6.07) is 0. The molecule has 1 aliphatic rings. The van der Waals surface area contributed by atoms with Gasteiger partial charge in [-0.1, -0.05) is 0 Å². The zero-order chi connectivity index (χ0) is 13.3. The predicted octanol–water partition coefficient (Wildman–Crippen LogP) is 0.265. The van der Waals surface area contributed by atoms with Crippen LogP contribution in [0.4, 0.5) is 0 Å². The monoisotopic (exact) mass is 252 g/mol. The summed E-state index contributed by atoms with van der Waals surface area (Å²) in [5, 5.41) is 0. The van der Waals surface area contributed by atoms with E-state index in [1.54, 1.807) is 6.92 Å². The second kappa shape index (κ2) is 4.53. The second-order valence-electron chi connectivity index (χ2n) is 4.86. The Morgan fingerprint density at radius 3 is 2.78 bits per heavy atom. The van der Waals surface area contributed by atoms with E-state index in [9.17, 15) is 14.4 Å². The summed E-state index contributed by atoms with van der Waals surface area (Å²) < 4.78 is 6.47. The Bertz CT molecular complexity index is 578. The van der Waals surface area contributed by atoms with Gasteiger partial charge >= 0.3 is 5.69 Å². The van der Waals surface area contributed by atoms with Gasteiger partial charge in [0.2, 0.25) is 0 Å².